The topological polar surface area (TPSA) is 51.8 Å². The van der Waals surface area contributed by atoms with Gasteiger partial charge in [-0.2, -0.15) is 0 Å². The molecule has 14 heavy (non-hydrogen) atoms. The van der Waals surface area contributed by atoms with Crippen molar-refractivity contribution in [3.63, 3.8) is 0 Å². The van der Waals surface area contributed by atoms with Crippen molar-refractivity contribution in [3.8, 4) is 10.6 Å². The van der Waals surface area contributed by atoms with E-state index in [4.69, 9.17) is 5.73 Å². The van der Waals surface area contributed by atoms with Gasteiger partial charge in [-0.05, 0) is 28.1 Å². The predicted octanol–water partition coefficient (Wildman–Crippen LogP) is 2.43. The van der Waals surface area contributed by atoms with Gasteiger partial charge in [0, 0.05) is 24.5 Å². The van der Waals surface area contributed by atoms with Crippen molar-refractivity contribution in [2.24, 2.45) is 5.73 Å². The highest BCUT2D eigenvalue weighted by molar-refractivity contribution is 9.10. The third kappa shape index (κ3) is 1.84. The second kappa shape index (κ2) is 4.16. The Balaban J connectivity index is 2.43. The second-order valence-corrected chi connectivity index (χ2v) is 4.51. The van der Waals surface area contributed by atoms with Crippen LogP contribution in [0, 0.1) is 0 Å². The van der Waals surface area contributed by atoms with Crippen LogP contribution in [0.4, 0.5) is 0 Å². The molecule has 0 saturated heterocycles. The molecule has 0 amide bonds. The Morgan fingerprint density at radius 2 is 2.36 bits per heavy atom. The van der Waals surface area contributed by atoms with Gasteiger partial charge >= 0.3 is 0 Å². The lowest BCUT2D eigenvalue weighted by atomic mass is 10.3. The fourth-order valence-electron chi connectivity index (χ4n) is 1.07. The average Bonchev–Trinajstić information content (AvgIpc) is 2.61. The highest BCUT2D eigenvalue weighted by atomic mass is 79.9. The third-order valence-corrected chi connectivity index (χ3v) is 3.79. The van der Waals surface area contributed by atoms with Gasteiger partial charge in [0.05, 0.1) is 4.88 Å². The van der Waals surface area contributed by atoms with Gasteiger partial charge in [0.25, 0.3) is 0 Å². The van der Waals surface area contributed by atoms with Gasteiger partial charge in [-0.25, -0.2) is 4.98 Å². The molecule has 2 aromatic rings. The van der Waals surface area contributed by atoms with Crippen LogP contribution in [0.3, 0.4) is 0 Å². The van der Waals surface area contributed by atoms with Gasteiger partial charge in [-0.1, -0.05) is 0 Å². The predicted molar refractivity (Wildman–Crippen MR) is 60.9 cm³/mol. The number of thiazole rings is 1. The van der Waals surface area contributed by atoms with Gasteiger partial charge in [0.1, 0.15) is 9.61 Å². The second-order valence-electron chi connectivity index (χ2n) is 2.68. The van der Waals surface area contributed by atoms with Crippen molar-refractivity contribution in [2.45, 2.75) is 6.54 Å². The summed E-state index contributed by atoms with van der Waals surface area (Å²) in [7, 11) is 0. The molecular formula is C9H8BrN3S. The fraction of sp³-hybridized carbons (Fsp3) is 0.111. The molecule has 0 fully saturated rings. The summed E-state index contributed by atoms with van der Waals surface area (Å²) in [5, 5.41) is 0.949. The van der Waals surface area contributed by atoms with Gasteiger partial charge in [0.2, 0.25) is 0 Å². The Kier molecular flexibility index (Phi) is 2.90. The van der Waals surface area contributed by atoms with E-state index >= 15 is 0 Å². The summed E-state index contributed by atoms with van der Waals surface area (Å²) in [6, 6.07) is 3.88. The Bertz CT molecular complexity index is 427. The lowest BCUT2D eigenvalue weighted by molar-refractivity contribution is 1.08. The quantitative estimate of drug-likeness (QED) is 0.911. The zero-order valence-corrected chi connectivity index (χ0v) is 9.68. The van der Waals surface area contributed by atoms with Crippen molar-refractivity contribution in [1.29, 1.82) is 0 Å². The first-order valence-corrected chi connectivity index (χ1v) is 5.68. The summed E-state index contributed by atoms with van der Waals surface area (Å²) in [4.78, 5) is 9.47. The van der Waals surface area contributed by atoms with Crippen molar-refractivity contribution in [2.75, 3.05) is 0 Å². The first-order valence-electron chi connectivity index (χ1n) is 4.07. The number of pyridine rings is 1. The minimum Gasteiger partial charge on any atom is -0.326 e. The normalized spacial score (nSPS) is 10.4. The molecular weight excluding hydrogens is 262 g/mol. The van der Waals surface area contributed by atoms with E-state index in [2.05, 4.69) is 25.9 Å². The maximum atomic E-state index is 5.57. The monoisotopic (exact) mass is 269 g/mol. The van der Waals surface area contributed by atoms with Crippen LogP contribution in [-0.2, 0) is 6.54 Å². The smallest absolute Gasteiger partial charge is 0.126 e. The largest absolute Gasteiger partial charge is 0.326 e. The number of rotatable bonds is 2. The van der Waals surface area contributed by atoms with Crippen LogP contribution in [0.1, 0.15) is 4.88 Å². The molecule has 0 bridgehead atoms. The van der Waals surface area contributed by atoms with E-state index in [-0.39, 0.29) is 0 Å². The Morgan fingerprint density at radius 1 is 1.50 bits per heavy atom. The molecule has 5 heteroatoms. The van der Waals surface area contributed by atoms with Gasteiger partial charge in [-0.15, -0.1) is 11.3 Å². The molecule has 72 valence electrons. The van der Waals surface area contributed by atoms with Crippen LogP contribution in [0.25, 0.3) is 10.6 Å². The van der Waals surface area contributed by atoms with Gasteiger partial charge in [-0.3, -0.25) is 4.98 Å². The lowest BCUT2D eigenvalue weighted by Gasteiger charge is -1.91. The molecule has 0 aliphatic carbocycles. The number of aromatic nitrogens is 2. The molecule has 0 radical (unpaired) electrons. The van der Waals surface area contributed by atoms with E-state index in [1.165, 1.54) is 0 Å². The summed E-state index contributed by atoms with van der Waals surface area (Å²) in [6.07, 6.45) is 3.54. The molecule has 0 aliphatic rings. The number of hydrogen-bond acceptors (Lipinski definition) is 4. The minimum atomic E-state index is 0.512. The fourth-order valence-corrected chi connectivity index (χ4v) is 2.59. The van der Waals surface area contributed by atoms with E-state index < -0.39 is 0 Å². The minimum absolute atomic E-state index is 0.512. The highest BCUT2D eigenvalue weighted by Gasteiger charge is 2.08. The molecule has 0 aromatic carbocycles. The van der Waals surface area contributed by atoms with E-state index in [0.717, 1.165) is 20.1 Å². The molecule has 0 spiro atoms. The molecule has 3 nitrogen and oxygen atoms in total. The Labute approximate surface area is 94.1 Å². The molecule has 2 heterocycles. The third-order valence-electron chi connectivity index (χ3n) is 1.74. The van der Waals surface area contributed by atoms with Crippen LogP contribution in [0.2, 0.25) is 0 Å². The number of halogens is 1. The molecule has 0 atom stereocenters. The summed E-state index contributed by atoms with van der Waals surface area (Å²) < 4.78 is 0.837. The van der Waals surface area contributed by atoms with Crippen molar-refractivity contribution in [1.82, 2.24) is 9.97 Å². The SMILES string of the molecule is NCc1sc(-c2cccnc2)nc1Br. The zero-order valence-electron chi connectivity index (χ0n) is 7.27. The number of hydrogen-bond donors (Lipinski definition) is 1. The Morgan fingerprint density at radius 3 is 2.93 bits per heavy atom. The van der Waals surface area contributed by atoms with Crippen LogP contribution in [0.5, 0.6) is 0 Å². The Hall–Kier alpha value is -0.780. The van der Waals surface area contributed by atoms with E-state index in [1.54, 1.807) is 23.7 Å². The van der Waals surface area contributed by atoms with E-state index in [9.17, 15) is 0 Å². The zero-order chi connectivity index (χ0) is 9.97. The maximum Gasteiger partial charge on any atom is 0.126 e. The van der Waals surface area contributed by atoms with Crippen LogP contribution >= 0.6 is 27.3 Å². The highest BCUT2D eigenvalue weighted by Crippen LogP contribution is 2.29. The van der Waals surface area contributed by atoms with Gasteiger partial charge < -0.3 is 5.73 Å². The molecule has 0 unspecified atom stereocenters. The van der Waals surface area contributed by atoms with E-state index in [0.29, 0.717) is 6.54 Å². The van der Waals surface area contributed by atoms with Crippen LogP contribution in [0.15, 0.2) is 29.1 Å². The van der Waals surface area contributed by atoms with Crippen LogP contribution < -0.4 is 5.73 Å². The summed E-state index contributed by atoms with van der Waals surface area (Å²) in [6.45, 7) is 0.512. The van der Waals surface area contributed by atoms with Crippen molar-refractivity contribution < 1.29 is 0 Å². The van der Waals surface area contributed by atoms with Crippen LogP contribution in [-0.4, -0.2) is 9.97 Å². The summed E-state index contributed by atoms with van der Waals surface area (Å²) in [5.74, 6) is 0. The number of nitrogens with zero attached hydrogens (tertiary/aromatic N) is 2. The summed E-state index contributed by atoms with van der Waals surface area (Å²) in [5.41, 5.74) is 6.59. The number of nitrogens with two attached hydrogens (primary N) is 1. The lowest BCUT2D eigenvalue weighted by Crippen LogP contribution is -1.92. The first kappa shape index (κ1) is 9.76. The first-order chi connectivity index (χ1) is 6.81. The van der Waals surface area contributed by atoms with Crippen molar-refractivity contribution in [3.05, 3.63) is 34.0 Å². The van der Waals surface area contributed by atoms with Crippen molar-refractivity contribution >= 4 is 27.3 Å². The molecule has 2 rings (SSSR count). The van der Waals surface area contributed by atoms with E-state index in [1.807, 2.05) is 12.1 Å². The average molecular weight is 270 g/mol. The standard InChI is InChI=1S/C9H8BrN3S/c10-8-7(4-11)14-9(13-8)6-2-1-3-12-5-6/h1-3,5H,4,11H2. The summed E-state index contributed by atoms with van der Waals surface area (Å²) >= 11 is 4.96. The van der Waals surface area contributed by atoms with Gasteiger partial charge in [0.15, 0.2) is 0 Å². The molecule has 0 aliphatic heterocycles. The molecule has 0 saturated carbocycles. The molecule has 2 aromatic heterocycles. The molecule has 2 N–H and O–H groups in total. The maximum absolute atomic E-state index is 5.57.